The lowest BCUT2D eigenvalue weighted by Crippen LogP contribution is -2.29. The summed E-state index contributed by atoms with van der Waals surface area (Å²) in [4.78, 5) is 6.98. The summed E-state index contributed by atoms with van der Waals surface area (Å²) in [6, 6.07) is 8.61. The Hall–Kier alpha value is -2.04. The molecular formula is C19H28N4O. The van der Waals surface area contributed by atoms with E-state index in [2.05, 4.69) is 65.4 Å². The summed E-state index contributed by atoms with van der Waals surface area (Å²) in [5, 5.41) is 7.53. The van der Waals surface area contributed by atoms with E-state index in [4.69, 9.17) is 4.52 Å². The third kappa shape index (κ3) is 3.89. The number of nitrogens with one attached hydrogen (secondary N) is 1. The second-order valence-corrected chi connectivity index (χ2v) is 7.67. The summed E-state index contributed by atoms with van der Waals surface area (Å²) < 4.78 is 5.41. The smallest absolute Gasteiger partial charge is 0.248 e. The van der Waals surface area contributed by atoms with Gasteiger partial charge in [0, 0.05) is 29.9 Å². The fourth-order valence-corrected chi connectivity index (χ4v) is 2.95. The Labute approximate surface area is 144 Å². The number of benzene rings is 1. The van der Waals surface area contributed by atoms with Crippen LogP contribution >= 0.6 is 0 Å². The largest absolute Gasteiger partial charge is 0.374 e. The Bertz CT molecular complexity index is 651. The van der Waals surface area contributed by atoms with Gasteiger partial charge in [0.15, 0.2) is 5.82 Å². The van der Waals surface area contributed by atoms with Gasteiger partial charge in [-0.05, 0) is 50.5 Å². The van der Waals surface area contributed by atoms with E-state index in [9.17, 15) is 0 Å². The molecule has 24 heavy (non-hydrogen) atoms. The minimum Gasteiger partial charge on any atom is -0.374 e. The van der Waals surface area contributed by atoms with Gasteiger partial charge in [-0.15, -0.1) is 0 Å². The average Bonchev–Trinajstić information content (AvgIpc) is 3.07. The van der Waals surface area contributed by atoms with Crippen molar-refractivity contribution in [1.82, 2.24) is 10.1 Å². The SMILES string of the molecule is CC(Nc1ccc(N2CCCCC2)cc1)c1nc(C(C)(C)C)no1. The highest BCUT2D eigenvalue weighted by Crippen LogP contribution is 2.25. The van der Waals surface area contributed by atoms with Crippen LogP contribution in [-0.2, 0) is 5.41 Å². The maximum Gasteiger partial charge on any atom is 0.248 e. The Kier molecular flexibility index (Phi) is 4.78. The van der Waals surface area contributed by atoms with E-state index in [0.717, 1.165) is 11.5 Å². The van der Waals surface area contributed by atoms with Crippen molar-refractivity contribution >= 4 is 11.4 Å². The Morgan fingerprint density at radius 2 is 1.75 bits per heavy atom. The van der Waals surface area contributed by atoms with Crippen LogP contribution in [-0.4, -0.2) is 23.2 Å². The van der Waals surface area contributed by atoms with Crippen LogP contribution in [0.4, 0.5) is 11.4 Å². The molecule has 0 amide bonds. The van der Waals surface area contributed by atoms with Crippen molar-refractivity contribution in [3.05, 3.63) is 36.0 Å². The molecule has 0 bridgehead atoms. The molecule has 0 radical (unpaired) electrons. The second kappa shape index (κ2) is 6.83. The molecule has 1 saturated heterocycles. The summed E-state index contributed by atoms with van der Waals surface area (Å²) >= 11 is 0. The van der Waals surface area contributed by atoms with E-state index < -0.39 is 0 Å². The molecular weight excluding hydrogens is 300 g/mol. The van der Waals surface area contributed by atoms with E-state index in [1.54, 1.807) is 0 Å². The van der Waals surface area contributed by atoms with Gasteiger partial charge in [0.1, 0.15) is 6.04 Å². The van der Waals surface area contributed by atoms with Crippen molar-refractivity contribution in [1.29, 1.82) is 0 Å². The van der Waals surface area contributed by atoms with Crippen LogP contribution in [0, 0.1) is 0 Å². The van der Waals surface area contributed by atoms with Gasteiger partial charge in [0.25, 0.3) is 0 Å². The predicted octanol–water partition coefficient (Wildman–Crippen LogP) is 4.53. The Morgan fingerprint density at radius 1 is 1.08 bits per heavy atom. The number of piperidine rings is 1. The van der Waals surface area contributed by atoms with Crippen molar-refractivity contribution in [3.63, 3.8) is 0 Å². The molecule has 0 aliphatic carbocycles. The molecule has 2 aromatic rings. The van der Waals surface area contributed by atoms with E-state index in [1.165, 1.54) is 38.0 Å². The van der Waals surface area contributed by atoms with Gasteiger partial charge in [-0.3, -0.25) is 0 Å². The van der Waals surface area contributed by atoms with Crippen LogP contribution < -0.4 is 10.2 Å². The second-order valence-electron chi connectivity index (χ2n) is 7.67. The maximum absolute atomic E-state index is 5.41. The average molecular weight is 328 g/mol. The molecule has 130 valence electrons. The van der Waals surface area contributed by atoms with Gasteiger partial charge in [0.05, 0.1) is 0 Å². The van der Waals surface area contributed by atoms with Crippen LogP contribution in [0.2, 0.25) is 0 Å². The fourth-order valence-electron chi connectivity index (χ4n) is 2.95. The number of hydrogen-bond donors (Lipinski definition) is 1. The van der Waals surface area contributed by atoms with Gasteiger partial charge < -0.3 is 14.7 Å². The van der Waals surface area contributed by atoms with Crippen molar-refractivity contribution in [2.75, 3.05) is 23.3 Å². The van der Waals surface area contributed by atoms with Crippen molar-refractivity contribution in [3.8, 4) is 0 Å². The molecule has 1 aromatic heterocycles. The molecule has 1 aromatic carbocycles. The monoisotopic (exact) mass is 328 g/mol. The fraction of sp³-hybridized carbons (Fsp3) is 0.579. The molecule has 5 nitrogen and oxygen atoms in total. The lowest BCUT2D eigenvalue weighted by molar-refractivity contribution is 0.354. The summed E-state index contributed by atoms with van der Waals surface area (Å²) in [6.45, 7) is 10.6. The minimum atomic E-state index is -0.0996. The molecule has 1 N–H and O–H groups in total. The zero-order valence-electron chi connectivity index (χ0n) is 15.2. The maximum atomic E-state index is 5.41. The van der Waals surface area contributed by atoms with E-state index in [1.807, 2.05) is 6.92 Å². The van der Waals surface area contributed by atoms with Crippen LogP contribution in [0.5, 0.6) is 0 Å². The summed E-state index contributed by atoms with van der Waals surface area (Å²) in [6.07, 6.45) is 3.95. The Balaban J connectivity index is 1.64. The van der Waals surface area contributed by atoms with Crippen molar-refractivity contribution in [2.45, 2.75) is 58.4 Å². The number of aromatic nitrogens is 2. The first-order valence-corrected chi connectivity index (χ1v) is 8.89. The molecule has 1 aliphatic rings. The third-order valence-corrected chi connectivity index (χ3v) is 4.45. The van der Waals surface area contributed by atoms with E-state index in [0.29, 0.717) is 5.89 Å². The van der Waals surface area contributed by atoms with Crippen LogP contribution in [0.3, 0.4) is 0 Å². The van der Waals surface area contributed by atoms with Gasteiger partial charge in [-0.2, -0.15) is 4.98 Å². The lowest BCUT2D eigenvalue weighted by atomic mass is 9.96. The van der Waals surface area contributed by atoms with Gasteiger partial charge in [0.2, 0.25) is 5.89 Å². The quantitative estimate of drug-likeness (QED) is 0.893. The predicted molar refractivity (Wildman–Crippen MR) is 97.5 cm³/mol. The first kappa shape index (κ1) is 16.8. The van der Waals surface area contributed by atoms with Gasteiger partial charge in [-0.1, -0.05) is 25.9 Å². The van der Waals surface area contributed by atoms with E-state index in [-0.39, 0.29) is 11.5 Å². The molecule has 1 unspecified atom stereocenters. The number of nitrogens with zero attached hydrogens (tertiary/aromatic N) is 3. The highest BCUT2D eigenvalue weighted by atomic mass is 16.5. The molecule has 5 heteroatoms. The third-order valence-electron chi connectivity index (χ3n) is 4.45. The molecule has 1 fully saturated rings. The zero-order chi connectivity index (χ0) is 17.2. The van der Waals surface area contributed by atoms with Crippen LogP contribution in [0.1, 0.15) is 64.7 Å². The minimum absolute atomic E-state index is 0.0190. The molecule has 2 heterocycles. The molecule has 0 saturated carbocycles. The van der Waals surface area contributed by atoms with E-state index >= 15 is 0 Å². The summed E-state index contributed by atoms with van der Waals surface area (Å²) in [5.74, 6) is 1.37. The number of hydrogen-bond acceptors (Lipinski definition) is 5. The number of rotatable bonds is 4. The van der Waals surface area contributed by atoms with Crippen LogP contribution in [0.15, 0.2) is 28.8 Å². The zero-order valence-corrected chi connectivity index (χ0v) is 15.2. The summed E-state index contributed by atoms with van der Waals surface area (Å²) in [7, 11) is 0. The normalized spacial score (nSPS) is 16.9. The first-order chi connectivity index (χ1) is 11.4. The number of anilines is 2. The molecule has 3 rings (SSSR count). The molecule has 1 aliphatic heterocycles. The van der Waals surface area contributed by atoms with Crippen molar-refractivity contribution < 1.29 is 4.52 Å². The highest BCUT2D eigenvalue weighted by Gasteiger charge is 2.23. The Morgan fingerprint density at radius 3 is 2.33 bits per heavy atom. The summed E-state index contributed by atoms with van der Waals surface area (Å²) in [5.41, 5.74) is 2.27. The van der Waals surface area contributed by atoms with Gasteiger partial charge >= 0.3 is 0 Å². The van der Waals surface area contributed by atoms with Gasteiger partial charge in [-0.25, -0.2) is 0 Å². The molecule has 0 spiro atoms. The topological polar surface area (TPSA) is 54.2 Å². The van der Waals surface area contributed by atoms with Crippen LogP contribution in [0.25, 0.3) is 0 Å². The standard InChI is InChI=1S/C19H28N4O/c1-14(17-21-18(22-24-17)19(2,3)4)20-15-8-10-16(11-9-15)23-12-6-5-7-13-23/h8-11,14,20H,5-7,12-13H2,1-4H3. The molecule has 1 atom stereocenters. The van der Waals surface area contributed by atoms with Crippen molar-refractivity contribution in [2.24, 2.45) is 0 Å². The first-order valence-electron chi connectivity index (χ1n) is 8.89. The lowest BCUT2D eigenvalue weighted by Gasteiger charge is -2.29. The highest BCUT2D eigenvalue weighted by molar-refractivity contribution is 5.55.